The Morgan fingerprint density at radius 1 is 1.46 bits per heavy atom. The van der Waals surface area contributed by atoms with Crippen LogP contribution in [0.1, 0.15) is 4.88 Å². The predicted octanol–water partition coefficient (Wildman–Crippen LogP) is 1.16. The number of nitrogens with zero attached hydrogens (tertiary/aromatic N) is 2. The zero-order valence-electron chi connectivity index (χ0n) is 6.87. The monoisotopic (exact) mass is 192 g/mol. The minimum Gasteiger partial charge on any atom is -0.371 e. The molecule has 2 aromatic heterocycles. The number of anilines is 1. The van der Waals surface area contributed by atoms with E-state index in [4.69, 9.17) is 0 Å². The van der Waals surface area contributed by atoms with Gasteiger partial charge in [-0.1, -0.05) is 0 Å². The van der Waals surface area contributed by atoms with Crippen LogP contribution < -0.4 is 10.6 Å². The van der Waals surface area contributed by atoms with Gasteiger partial charge in [0, 0.05) is 16.8 Å². The molecular weight excluding hydrogens is 184 g/mol. The highest BCUT2D eigenvalue weighted by molar-refractivity contribution is 7.19. The summed E-state index contributed by atoms with van der Waals surface area (Å²) in [6.45, 7) is 1.77. The van der Waals surface area contributed by atoms with Gasteiger partial charge in [0.15, 0.2) is 0 Å². The molecular formula is C8H8N4S. The van der Waals surface area contributed by atoms with Gasteiger partial charge in [0.2, 0.25) is 0 Å². The van der Waals surface area contributed by atoms with Gasteiger partial charge in [-0.05, 0) is 6.07 Å². The summed E-state index contributed by atoms with van der Waals surface area (Å²) < 4.78 is 0. The van der Waals surface area contributed by atoms with Crippen molar-refractivity contribution in [1.29, 1.82) is 0 Å². The first-order valence-electron chi connectivity index (χ1n) is 4.13. The third kappa shape index (κ3) is 1.01. The highest BCUT2D eigenvalue weighted by atomic mass is 32.1. The first-order chi connectivity index (χ1) is 6.45. The van der Waals surface area contributed by atoms with Crippen LogP contribution in [-0.4, -0.2) is 16.9 Å². The molecule has 0 bridgehead atoms. The Morgan fingerprint density at radius 3 is 3.46 bits per heavy atom. The Kier molecular flexibility index (Phi) is 1.47. The average Bonchev–Trinajstić information content (AvgIpc) is 2.56. The van der Waals surface area contributed by atoms with Crippen LogP contribution in [0.4, 0.5) is 5.69 Å². The van der Waals surface area contributed by atoms with Crippen molar-refractivity contribution in [3.05, 3.63) is 17.1 Å². The summed E-state index contributed by atoms with van der Waals surface area (Å²) in [5.41, 5.74) is 1.23. The molecule has 0 unspecified atom stereocenters. The minimum atomic E-state index is 0.834. The van der Waals surface area contributed by atoms with E-state index in [1.54, 1.807) is 17.5 Å². The van der Waals surface area contributed by atoms with E-state index in [-0.39, 0.29) is 0 Å². The van der Waals surface area contributed by atoms with Crippen LogP contribution in [0.3, 0.4) is 0 Å². The zero-order chi connectivity index (χ0) is 8.67. The standard InChI is InChI=1S/C8H8N4S/c1-2-11-12-8-5(1)7-6(13-8)3-9-4-10-7/h1-2,9-10H,3-4H2. The quantitative estimate of drug-likeness (QED) is 0.657. The van der Waals surface area contributed by atoms with E-state index in [1.165, 1.54) is 16.0 Å². The third-order valence-corrected chi connectivity index (χ3v) is 3.22. The predicted molar refractivity (Wildman–Crippen MR) is 52.7 cm³/mol. The number of nitrogens with one attached hydrogen (secondary N) is 2. The second-order valence-corrected chi connectivity index (χ2v) is 4.01. The molecule has 5 heteroatoms. The maximum atomic E-state index is 4.09. The fourth-order valence-electron chi connectivity index (χ4n) is 1.55. The normalized spacial score (nSPS) is 15.4. The van der Waals surface area contributed by atoms with Gasteiger partial charge in [0.05, 0.1) is 18.6 Å². The van der Waals surface area contributed by atoms with Crippen molar-refractivity contribution >= 4 is 27.2 Å². The molecule has 0 spiro atoms. The van der Waals surface area contributed by atoms with Gasteiger partial charge in [0.25, 0.3) is 0 Å². The van der Waals surface area contributed by atoms with E-state index in [9.17, 15) is 0 Å². The van der Waals surface area contributed by atoms with Crippen LogP contribution in [0, 0.1) is 0 Å². The lowest BCUT2D eigenvalue weighted by atomic mass is 10.2. The van der Waals surface area contributed by atoms with Gasteiger partial charge in [-0.2, -0.15) is 5.10 Å². The average molecular weight is 192 g/mol. The summed E-state index contributed by atoms with van der Waals surface area (Å²) >= 11 is 1.70. The lowest BCUT2D eigenvalue weighted by Crippen LogP contribution is -2.26. The third-order valence-electron chi connectivity index (χ3n) is 2.13. The van der Waals surface area contributed by atoms with Crippen LogP contribution in [-0.2, 0) is 6.54 Å². The fraction of sp³-hybridized carbons (Fsp3) is 0.250. The molecule has 0 atom stereocenters. The molecule has 0 saturated heterocycles. The number of aromatic nitrogens is 2. The van der Waals surface area contributed by atoms with Crippen molar-refractivity contribution in [3.63, 3.8) is 0 Å². The lowest BCUT2D eigenvalue weighted by Gasteiger charge is -2.14. The summed E-state index contributed by atoms with van der Waals surface area (Å²) in [6.07, 6.45) is 1.74. The van der Waals surface area contributed by atoms with Gasteiger partial charge >= 0.3 is 0 Å². The highest BCUT2D eigenvalue weighted by Gasteiger charge is 2.15. The van der Waals surface area contributed by atoms with Crippen molar-refractivity contribution in [2.75, 3.05) is 12.0 Å². The smallest absolute Gasteiger partial charge is 0.148 e. The second-order valence-electron chi connectivity index (χ2n) is 2.93. The van der Waals surface area contributed by atoms with Crippen LogP contribution in [0.15, 0.2) is 12.3 Å². The molecule has 0 aliphatic carbocycles. The molecule has 13 heavy (non-hydrogen) atoms. The Bertz CT molecular complexity index is 450. The van der Waals surface area contributed by atoms with Crippen LogP contribution in [0.5, 0.6) is 0 Å². The molecule has 2 aromatic rings. The molecule has 66 valence electrons. The highest BCUT2D eigenvalue weighted by Crippen LogP contribution is 2.34. The van der Waals surface area contributed by atoms with E-state index in [0.717, 1.165) is 18.0 Å². The Hall–Kier alpha value is -1.20. The van der Waals surface area contributed by atoms with E-state index in [0.29, 0.717) is 0 Å². The first kappa shape index (κ1) is 7.23. The van der Waals surface area contributed by atoms with Gasteiger partial charge < -0.3 is 5.32 Å². The molecule has 0 fully saturated rings. The topological polar surface area (TPSA) is 49.8 Å². The van der Waals surface area contributed by atoms with Gasteiger partial charge in [-0.25, -0.2) is 0 Å². The molecule has 1 aliphatic rings. The Balaban J connectivity index is 2.34. The fourth-order valence-corrected chi connectivity index (χ4v) is 2.61. The summed E-state index contributed by atoms with van der Waals surface area (Å²) in [5.74, 6) is 0. The maximum Gasteiger partial charge on any atom is 0.148 e. The van der Waals surface area contributed by atoms with Crippen molar-refractivity contribution in [2.45, 2.75) is 6.54 Å². The largest absolute Gasteiger partial charge is 0.371 e. The van der Waals surface area contributed by atoms with Gasteiger partial charge in [0.1, 0.15) is 4.83 Å². The molecule has 0 saturated carbocycles. The molecule has 4 nitrogen and oxygen atoms in total. The lowest BCUT2D eigenvalue weighted by molar-refractivity contribution is 0.721. The summed E-state index contributed by atoms with van der Waals surface area (Å²) in [4.78, 5) is 2.34. The van der Waals surface area contributed by atoms with Gasteiger partial charge in [-0.15, -0.1) is 16.4 Å². The summed E-state index contributed by atoms with van der Waals surface area (Å²) in [7, 11) is 0. The molecule has 3 rings (SSSR count). The summed E-state index contributed by atoms with van der Waals surface area (Å²) in [5, 5.41) is 15.7. The molecule has 1 aliphatic heterocycles. The number of rotatable bonds is 0. The number of fused-ring (bicyclic) bond motifs is 3. The van der Waals surface area contributed by atoms with Crippen molar-refractivity contribution in [1.82, 2.24) is 15.5 Å². The van der Waals surface area contributed by atoms with Crippen molar-refractivity contribution in [2.24, 2.45) is 0 Å². The minimum absolute atomic E-state index is 0.834. The van der Waals surface area contributed by atoms with E-state index < -0.39 is 0 Å². The number of hydrogen-bond acceptors (Lipinski definition) is 5. The SMILES string of the molecule is c1cc2c3c(sc2nn1)CNCN3. The molecule has 0 amide bonds. The Morgan fingerprint density at radius 2 is 2.46 bits per heavy atom. The molecule has 0 radical (unpaired) electrons. The second kappa shape index (κ2) is 2.65. The van der Waals surface area contributed by atoms with Crippen LogP contribution in [0.25, 0.3) is 10.2 Å². The van der Waals surface area contributed by atoms with Crippen LogP contribution >= 0.6 is 11.3 Å². The van der Waals surface area contributed by atoms with Crippen molar-refractivity contribution in [3.8, 4) is 0 Å². The van der Waals surface area contributed by atoms with Crippen LogP contribution in [0.2, 0.25) is 0 Å². The van der Waals surface area contributed by atoms with E-state index in [1.807, 2.05) is 6.07 Å². The zero-order valence-corrected chi connectivity index (χ0v) is 7.69. The first-order valence-corrected chi connectivity index (χ1v) is 4.94. The Labute approximate surface area is 79.0 Å². The van der Waals surface area contributed by atoms with E-state index >= 15 is 0 Å². The molecule has 0 aromatic carbocycles. The molecule has 2 N–H and O–H groups in total. The summed E-state index contributed by atoms with van der Waals surface area (Å²) in [6, 6.07) is 2.01. The van der Waals surface area contributed by atoms with Gasteiger partial charge in [-0.3, -0.25) is 5.32 Å². The van der Waals surface area contributed by atoms with E-state index in [2.05, 4.69) is 20.8 Å². The number of thiophene rings is 1. The van der Waals surface area contributed by atoms with Crippen molar-refractivity contribution < 1.29 is 0 Å². The molecule has 3 heterocycles. The number of hydrogen-bond donors (Lipinski definition) is 2. The maximum absolute atomic E-state index is 4.09.